The summed E-state index contributed by atoms with van der Waals surface area (Å²) in [7, 11) is 0. The number of carbonyl (C=O) groups excluding carboxylic acids is 1. The molecule has 0 spiro atoms. The third-order valence-electron chi connectivity index (χ3n) is 7.81. The topological polar surface area (TPSA) is 83.1 Å². The Bertz CT molecular complexity index is 1390. The molecular formula is C36H41N3O4. The number of rotatable bonds is 11. The quantitative estimate of drug-likeness (QED) is 0.182. The van der Waals surface area contributed by atoms with Crippen LogP contribution in [-0.4, -0.2) is 35.2 Å². The van der Waals surface area contributed by atoms with Crippen LogP contribution in [0, 0.1) is 5.92 Å². The van der Waals surface area contributed by atoms with Gasteiger partial charge in [-0.3, -0.25) is 4.90 Å². The predicted octanol–water partition coefficient (Wildman–Crippen LogP) is 6.81. The average molecular weight is 580 g/mol. The van der Waals surface area contributed by atoms with Crippen molar-refractivity contribution < 1.29 is 19.4 Å². The van der Waals surface area contributed by atoms with Crippen molar-refractivity contribution in [2.75, 3.05) is 18.4 Å². The molecule has 2 amide bonds. The molecule has 5 rings (SSSR count). The normalized spacial score (nSPS) is 20.1. The minimum absolute atomic E-state index is 0.00491. The average Bonchev–Trinajstić information content (AvgIpc) is 3.03. The number of benzene rings is 4. The molecule has 1 saturated heterocycles. The first-order valence-corrected chi connectivity index (χ1v) is 15.0. The van der Waals surface area contributed by atoms with Gasteiger partial charge < -0.3 is 25.2 Å². The van der Waals surface area contributed by atoms with E-state index >= 15 is 0 Å². The highest BCUT2D eigenvalue weighted by Gasteiger charge is 2.39. The van der Waals surface area contributed by atoms with Crippen molar-refractivity contribution in [2.24, 2.45) is 5.92 Å². The molecule has 7 heteroatoms. The third kappa shape index (κ3) is 8.30. The van der Waals surface area contributed by atoms with Crippen molar-refractivity contribution in [2.45, 2.75) is 52.0 Å². The number of ether oxygens (including phenoxy) is 2. The van der Waals surface area contributed by atoms with Crippen molar-refractivity contribution in [3.63, 3.8) is 0 Å². The van der Waals surface area contributed by atoms with Gasteiger partial charge in [-0.25, -0.2) is 4.79 Å². The van der Waals surface area contributed by atoms with Crippen molar-refractivity contribution in [3.05, 3.63) is 137 Å². The molecule has 0 aliphatic carbocycles. The van der Waals surface area contributed by atoms with Crippen LogP contribution in [0.5, 0.6) is 0 Å². The molecule has 4 unspecified atom stereocenters. The summed E-state index contributed by atoms with van der Waals surface area (Å²) in [6.45, 7) is 6.88. The Morgan fingerprint density at radius 1 is 0.791 bits per heavy atom. The summed E-state index contributed by atoms with van der Waals surface area (Å²) in [4.78, 5) is 14.6. The number of nitrogens with one attached hydrogen (secondary N) is 2. The van der Waals surface area contributed by atoms with Gasteiger partial charge in [0.1, 0.15) is 0 Å². The van der Waals surface area contributed by atoms with E-state index in [4.69, 9.17) is 9.47 Å². The van der Waals surface area contributed by atoms with Crippen LogP contribution < -0.4 is 10.6 Å². The summed E-state index contributed by atoms with van der Waals surface area (Å²) < 4.78 is 13.4. The van der Waals surface area contributed by atoms with E-state index in [1.165, 1.54) is 11.1 Å². The second-order valence-electron chi connectivity index (χ2n) is 11.1. The molecule has 0 radical (unpaired) electrons. The summed E-state index contributed by atoms with van der Waals surface area (Å²) in [6.07, 6.45) is -1.00. The highest BCUT2D eigenvalue weighted by atomic mass is 16.7. The molecular weight excluding hydrogens is 538 g/mol. The number of urea groups is 1. The Labute approximate surface area is 254 Å². The van der Waals surface area contributed by atoms with Crippen LogP contribution in [-0.2, 0) is 29.2 Å². The van der Waals surface area contributed by atoms with Crippen molar-refractivity contribution in [3.8, 4) is 0 Å². The van der Waals surface area contributed by atoms with Gasteiger partial charge in [0.25, 0.3) is 0 Å². The van der Waals surface area contributed by atoms with E-state index in [9.17, 15) is 9.90 Å². The number of nitrogens with zero attached hydrogens (tertiary/aromatic N) is 1. The van der Waals surface area contributed by atoms with Crippen molar-refractivity contribution in [1.82, 2.24) is 10.2 Å². The smallest absolute Gasteiger partial charge is 0.319 e. The van der Waals surface area contributed by atoms with E-state index in [1.807, 2.05) is 67.6 Å². The summed E-state index contributed by atoms with van der Waals surface area (Å²) in [5, 5.41) is 15.3. The molecule has 0 aromatic heterocycles. The fraction of sp³-hybridized carbons (Fsp3) is 0.306. The van der Waals surface area contributed by atoms with Crippen LogP contribution in [0.3, 0.4) is 0 Å². The molecule has 4 atom stereocenters. The summed E-state index contributed by atoms with van der Waals surface area (Å²) in [5.74, 6) is 0.0434. The molecule has 7 nitrogen and oxygen atoms in total. The Morgan fingerprint density at radius 3 is 2.05 bits per heavy atom. The van der Waals surface area contributed by atoms with Crippen LogP contribution in [0.1, 0.15) is 54.1 Å². The molecule has 1 aliphatic rings. The first kappa shape index (κ1) is 30.4. The standard InChI is InChI=1S/C36H41N3O4/c1-3-37-36(41)38-32-16-10-15-31(21-32)35-42-33(26(2)34(43-35)30-19-17-29(25-40)18-20-30)24-39(22-27-11-6-4-7-12-27)23-28-13-8-5-9-14-28/h4-21,26,33-35,40H,3,22-25H2,1-2H3,(H2,37,38,41). The van der Waals surface area contributed by atoms with E-state index in [1.54, 1.807) is 0 Å². The SMILES string of the molecule is CCNC(=O)Nc1cccc(C2OC(CN(Cc3ccccc3)Cc3ccccc3)C(C)C(c3ccc(CO)cc3)O2)c1. The lowest BCUT2D eigenvalue weighted by molar-refractivity contribution is -0.276. The van der Waals surface area contributed by atoms with Gasteiger partial charge in [0.2, 0.25) is 0 Å². The highest BCUT2D eigenvalue weighted by molar-refractivity contribution is 5.89. The molecule has 43 heavy (non-hydrogen) atoms. The maximum absolute atomic E-state index is 12.2. The number of aliphatic hydroxyl groups is 1. The van der Waals surface area contributed by atoms with E-state index in [2.05, 4.69) is 71.0 Å². The first-order valence-electron chi connectivity index (χ1n) is 15.0. The van der Waals surface area contributed by atoms with Crippen LogP contribution in [0.4, 0.5) is 10.5 Å². The van der Waals surface area contributed by atoms with E-state index in [0.717, 1.165) is 29.8 Å². The highest BCUT2D eigenvalue weighted by Crippen LogP contribution is 2.42. The maximum Gasteiger partial charge on any atom is 0.319 e. The van der Waals surface area contributed by atoms with E-state index < -0.39 is 6.29 Å². The Kier molecular flexibility index (Phi) is 10.6. The second kappa shape index (κ2) is 14.9. The fourth-order valence-electron chi connectivity index (χ4n) is 5.55. The largest absolute Gasteiger partial charge is 0.392 e. The van der Waals surface area contributed by atoms with Crippen molar-refractivity contribution >= 4 is 11.7 Å². The minimum atomic E-state index is -0.630. The number of aliphatic hydroxyl groups excluding tert-OH is 1. The molecule has 1 fully saturated rings. The molecule has 1 aliphatic heterocycles. The number of hydrogen-bond donors (Lipinski definition) is 3. The molecule has 3 N–H and O–H groups in total. The summed E-state index contributed by atoms with van der Waals surface area (Å²) >= 11 is 0. The summed E-state index contributed by atoms with van der Waals surface area (Å²) in [5.41, 5.74) is 5.89. The third-order valence-corrected chi connectivity index (χ3v) is 7.81. The van der Waals surface area contributed by atoms with Gasteiger partial charge in [0, 0.05) is 43.3 Å². The van der Waals surface area contributed by atoms with E-state index in [-0.39, 0.29) is 30.8 Å². The van der Waals surface area contributed by atoms with Gasteiger partial charge in [0.05, 0.1) is 18.8 Å². The molecule has 1 heterocycles. The van der Waals surface area contributed by atoms with Crippen molar-refractivity contribution in [1.29, 1.82) is 0 Å². The van der Waals surface area contributed by atoms with Crippen LogP contribution in [0.2, 0.25) is 0 Å². The zero-order chi connectivity index (χ0) is 30.0. The molecule has 0 bridgehead atoms. The number of anilines is 1. The van der Waals surface area contributed by atoms with Gasteiger partial charge in [-0.15, -0.1) is 0 Å². The van der Waals surface area contributed by atoms with Crippen LogP contribution in [0.25, 0.3) is 0 Å². The monoisotopic (exact) mass is 579 g/mol. The lowest BCUT2D eigenvalue weighted by atomic mass is 9.89. The first-order chi connectivity index (χ1) is 21.0. The zero-order valence-electron chi connectivity index (χ0n) is 24.9. The zero-order valence-corrected chi connectivity index (χ0v) is 24.9. The van der Waals surface area contributed by atoms with Crippen LogP contribution in [0.15, 0.2) is 109 Å². The molecule has 4 aromatic carbocycles. The molecule has 224 valence electrons. The van der Waals surface area contributed by atoms with Crippen LogP contribution >= 0.6 is 0 Å². The van der Waals surface area contributed by atoms with E-state index in [0.29, 0.717) is 18.8 Å². The van der Waals surface area contributed by atoms with Gasteiger partial charge in [-0.1, -0.05) is 104 Å². The lowest BCUT2D eigenvalue weighted by Crippen LogP contribution is -2.44. The maximum atomic E-state index is 12.2. The lowest BCUT2D eigenvalue weighted by Gasteiger charge is -2.43. The molecule has 4 aromatic rings. The predicted molar refractivity (Wildman–Crippen MR) is 169 cm³/mol. The number of amides is 2. The van der Waals surface area contributed by atoms with Gasteiger partial charge in [0.15, 0.2) is 6.29 Å². The summed E-state index contributed by atoms with van der Waals surface area (Å²) in [6, 6.07) is 36.4. The Morgan fingerprint density at radius 2 is 1.44 bits per heavy atom. The van der Waals surface area contributed by atoms with Gasteiger partial charge >= 0.3 is 6.03 Å². The fourth-order valence-corrected chi connectivity index (χ4v) is 5.55. The number of hydrogen-bond acceptors (Lipinski definition) is 5. The Balaban J connectivity index is 1.44. The molecule has 0 saturated carbocycles. The minimum Gasteiger partial charge on any atom is -0.392 e. The Hall–Kier alpha value is -4.01. The number of carbonyl (C=O) groups is 1. The van der Waals surface area contributed by atoms with Gasteiger partial charge in [-0.05, 0) is 41.3 Å². The second-order valence-corrected chi connectivity index (χ2v) is 11.1. The van der Waals surface area contributed by atoms with Gasteiger partial charge in [-0.2, -0.15) is 0 Å².